The number of hydrogen-bond acceptors (Lipinski definition) is 5. The Balaban J connectivity index is 1.76. The number of aryl methyl sites for hydroxylation is 3. The van der Waals surface area contributed by atoms with Crippen LogP contribution < -0.4 is 10.9 Å². The fourth-order valence-corrected chi connectivity index (χ4v) is 4.91. The van der Waals surface area contributed by atoms with E-state index in [1.165, 1.54) is 16.4 Å². The highest BCUT2D eigenvalue weighted by Crippen LogP contribution is 2.23. The van der Waals surface area contributed by atoms with Crippen LogP contribution in [-0.4, -0.2) is 37.6 Å². The molecule has 29 heavy (non-hydrogen) atoms. The van der Waals surface area contributed by atoms with E-state index in [9.17, 15) is 18.0 Å². The van der Waals surface area contributed by atoms with Crippen molar-refractivity contribution in [3.05, 3.63) is 52.5 Å². The van der Waals surface area contributed by atoms with Crippen molar-refractivity contribution in [3.63, 3.8) is 0 Å². The van der Waals surface area contributed by atoms with Crippen molar-refractivity contribution in [1.82, 2.24) is 15.2 Å². The lowest BCUT2D eigenvalue weighted by atomic mass is 10.1. The van der Waals surface area contributed by atoms with Crippen molar-refractivity contribution < 1.29 is 22.4 Å². The molecule has 1 aliphatic heterocycles. The molecular weight excluding hydrogens is 394 g/mol. The number of hydrogen-bond donors (Lipinski definition) is 2. The second kappa shape index (κ2) is 8.38. The summed E-state index contributed by atoms with van der Waals surface area (Å²) in [5.74, 6) is -0.0719. The lowest BCUT2D eigenvalue weighted by Gasteiger charge is -2.26. The van der Waals surface area contributed by atoms with E-state index in [0.29, 0.717) is 35.7 Å². The summed E-state index contributed by atoms with van der Waals surface area (Å²) in [5.41, 5.74) is 5.79. The highest BCUT2D eigenvalue weighted by Gasteiger charge is 2.27. The maximum Gasteiger partial charge on any atom is 0.273 e. The number of carbonyl (C=O) groups excluding carboxylic acids is 2. The third-order valence-corrected chi connectivity index (χ3v) is 6.88. The predicted molar refractivity (Wildman–Crippen MR) is 107 cm³/mol. The predicted octanol–water partition coefficient (Wildman–Crippen LogP) is 2.45. The molecule has 8 nitrogen and oxygen atoms in total. The zero-order chi connectivity index (χ0) is 21.2. The van der Waals surface area contributed by atoms with Gasteiger partial charge in [-0.3, -0.25) is 20.4 Å². The molecule has 1 aromatic carbocycles. The van der Waals surface area contributed by atoms with E-state index in [2.05, 4.69) is 10.9 Å². The highest BCUT2D eigenvalue weighted by molar-refractivity contribution is 7.89. The number of hydrazine groups is 1. The van der Waals surface area contributed by atoms with Gasteiger partial charge in [0.15, 0.2) is 0 Å². The Morgan fingerprint density at radius 3 is 2.14 bits per heavy atom. The second-order valence-electron chi connectivity index (χ2n) is 7.18. The average molecular weight is 420 g/mol. The molecule has 9 heteroatoms. The molecule has 2 aromatic rings. The van der Waals surface area contributed by atoms with Gasteiger partial charge in [-0.05, 0) is 57.4 Å². The van der Waals surface area contributed by atoms with E-state index in [-0.39, 0.29) is 10.5 Å². The topological polar surface area (TPSA) is 109 Å². The Morgan fingerprint density at radius 2 is 1.55 bits per heavy atom. The normalized spacial score (nSPS) is 15.1. The first-order valence-electron chi connectivity index (χ1n) is 9.48. The molecule has 2 N–H and O–H groups in total. The van der Waals surface area contributed by atoms with Crippen LogP contribution in [0.15, 0.2) is 33.6 Å². The number of carbonyl (C=O) groups is 2. The van der Waals surface area contributed by atoms with Gasteiger partial charge in [-0.25, -0.2) is 8.42 Å². The second-order valence-corrected chi connectivity index (χ2v) is 9.11. The summed E-state index contributed by atoms with van der Waals surface area (Å²) >= 11 is 0. The molecule has 2 amide bonds. The Bertz CT molecular complexity index is 1040. The number of rotatable bonds is 4. The number of sulfonamides is 1. The SMILES string of the molecule is Cc1cc(C(=O)NNC(=O)c2cc(S(=O)(=O)N3CCCCC3)ccc2C)c(C)o1. The van der Waals surface area contributed by atoms with Crippen LogP contribution in [0.5, 0.6) is 0 Å². The van der Waals surface area contributed by atoms with Crippen LogP contribution in [-0.2, 0) is 10.0 Å². The van der Waals surface area contributed by atoms with Gasteiger partial charge in [0.05, 0.1) is 10.5 Å². The third-order valence-electron chi connectivity index (χ3n) is 4.98. The van der Waals surface area contributed by atoms with Gasteiger partial charge < -0.3 is 4.42 Å². The Hall–Kier alpha value is -2.65. The van der Waals surface area contributed by atoms with Crippen LogP contribution in [0.2, 0.25) is 0 Å². The third kappa shape index (κ3) is 4.51. The van der Waals surface area contributed by atoms with Crippen LogP contribution in [0, 0.1) is 20.8 Å². The summed E-state index contributed by atoms with van der Waals surface area (Å²) in [6.07, 6.45) is 2.68. The van der Waals surface area contributed by atoms with Gasteiger partial charge in [0.2, 0.25) is 10.0 Å². The van der Waals surface area contributed by atoms with Gasteiger partial charge in [-0.1, -0.05) is 12.5 Å². The Kier molecular flexibility index (Phi) is 6.09. The molecule has 1 fully saturated rings. The van der Waals surface area contributed by atoms with Crippen molar-refractivity contribution in [2.75, 3.05) is 13.1 Å². The molecule has 1 aromatic heterocycles. The maximum atomic E-state index is 12.9. The van der Waals surface area contributed by atoms with E-state index >= 15 is 0 Å². The van der Waals surface area contributed by atoms with Crippen LogP contribution >= 0.6 is 0 Å². The fraction of sp³-hybridized carbons (Fsp3) is 0.400. The summed E-state index contributed by atoms with van der Waals surface area (Å²) in [4.78, 5) is 24.9. The van der Waals surface area contributed by atoms with Gasteiger partial charge in [-0.15, -0.1) is 0 Å². The van der Waals surface area contributed by atoms with E-state index in [1.807, 2.05) is 0 Å². The number of nitrogens with zero attached hydrogens (tertiary/aromatic N) is 1. The zero-order valence-electron chi connectivity index (χ0n) is 16.7. The number of benzene rings is 1. The molecule has 2 heterocycles. The van der Waals surface area contributed by atoms with Gasteiger partial charge >= 0.3 is 0 Å². The Labute approximate surface area is 170 Å². The molecule has 0 aliphatic carbocycles. The van der Waals surface area contributed by atoms with Crippen LogP contribution in [0.4, 0.5) is 0 Å². The maximum absolute atomic E-state index is 12.9. The standard InChI is InChI=1S/C20H25N3O5S/c1-13-7-8-16(29(26,27)23-9-5-4-6-10-23)12-17(13)19(24)21-22-20(25)18-11-14(2)28-15(18)3/h7-8,11-12H,4-6,9-10H2,1-3H3,(H,21,24)(H,22,25). The van der Waals surface area contributed by atoms with Gasteiger partial charge in [0.25, 0.3) is 11.8 Å². The number of furan rings is 1. The number of amides is 2. The van der Waals surface area contributed by atoms with Crippen LogP contribution in [0.25, 0.3) is 0 Å². The smallest absolute Gasteiger partial charge is 0.273 e. The van der Waals surface area contributed by atoms with Crippen molar-refractivity contribution in [1.29, 1.82) is 0 Å². The first-order chi connectivity index (χ1) is 13.7. The fourth-order valence-electron chi connectivity index (χ4n) is 3.36. The molecule has 0 spiro atoms. The van der Waals surface area contributed by atoms with Crippen molar-refractivity contribution in [3.8, 4) is 0 Å². The molecule has 0 radical (unpaired) electrons. The lowest BCUT2D eigenvalue weighted by Crippen LogP contribution is -2.42. The minimum Gasteiger partial charge on any atom is -0.466 e. The summed E-state index contributed by atoms with van der Waals surface area (Å²) in [6.45, 7) is 6.05. The summed E-state index contributed by atoms with van der Waals surface area (Å²) in [7, 11) is -3.66. The Morgan fingerprint density at radius 1 is 0.931 bits per heavy atom. The van der Waals surface area contributed by atoms with E-state index in [4.69, 9.17) is 4.42 Å². The van der Waals surface area contributed by atoms with Crippen molar-refractivity contribution in [2.24, 2.45) is 0 Å². The van der Waals surface area contributed by atoms with Gasteiger partial charge in [-0.2, -0.15) is 4.31 Å². The lowest BCUT2D eigenvalue weighted by molar-refractivity contribution is 0.0845. The van der Waals surface area contributed by atoms with Crippen LogP contribution in [0.1, 0.15) is 57.1 Å². The molecule has 156 valence electrons. The van der Waals surface area contributed by atoms with E-state index in [1.54, 1.807) is 32.9 Å². The minimum absolute atomic E-state index is 0.0720. The summed E-state index contributed by atoms with van der Waals surface area (Å²) < 4.78 is 32.5. The monoisotopic (exact) mass is 419 g/mol. The largest absolute Gasteiger partial charge is 0.466 e. The molecule has 0 atom stereocenters. The quantitative estimate of drug-likeness (QED) is 0.740. The van der Waals surface area contributed by atoms with Crippen molar-refractivity contribution in [2.45, 2.75) is 44.9 Å². The summed E-state index contributed by atoms with van der Waals surface area (Å²) in [6, 6.07) is 6.03. The summed E-state index contributed by atoms with van der Waals surface area (Å²) in [5, 5.41) is 0. The van der Waals surface area contributed by atoms with E-state index in [0.717, 1.165) is 19.3 Å². The molecule has 0 saturated carbocycles. The van der Waals surface area contributed by atoms with Gasteiger partial charge in [0, 0.05) is 18.7 Å². The molecule has 1 aliphatic rings. The molecule has 0 bridgehead atoms. The van der Waals surface area contributed by atoms with Gasteiger partial charge in [0.1, 0.15) is 11.5 Å². The number of piperidine rings is 1. The first kappa shape index (κ1) is 21.1. The molecule has 3 rings (SSSR count). The average Bonchev–Trinajstić information content (AvgIpc) is 3.04. The molecule has 0 unspecified atom stereocenters. The zero-order valence-corrected chi connectivity index (χ0v) is 17.6. The van der Waals surface area contributed by atoms with Crippen molar-refractivity contribution >= 4 is 21.8 Å². The van der Waals surface area contributed by atoms with E-state index < -0.39 is 21.8 Å². The number of nitrogens with one attached hydrogen (secondary N) is 2. The first-order valence-corrected chi connectivity index (χ1v) is 10.9. The minimum atomic E-state index is -3.66. The van der Waals surface area contributed by atoms with Crippen LogP contribution in [0.3, 0.4) is 0 Å². The molecule has 1 saturated heterocycles. The molecular formula is C20H25N3O5S. The highest BCUT2D eigenvalue weighted by atomic mass is 32.2.